The quantitative estimate of drug-likeness (QED) is 0.604. The van der Waals surface area contributed by atoms with Crippen LogP contribution in [0.1, 0.15) is 0 Å². The third-order valence-electron chi connectivity index (χ3n) is 5.00. The van der Waals surface area contributed by atoms with Gasteiger partial charge in [-0.05, 0) is 12.1 Å². The second kappa shape index (κ2) is 6.32. The van der Waals surface area contributed by atoms with E-state index in [0.717, 1.165) is 19.6 Å². The Morgan fingerprint density at radius 3 is 2.13 bits per heavy atom. The fraction of sp³-hybridized carbons (Fsp3) is 0.368. The van der Waals surface area contributed by atoms with Gasteiger partial charge in [0.2, 0.25) is 0 Å². The van der Waals surface area contributed by atoms with Crippen molar-refractivity contribution in [2.45, 2.75) is 12.6 Å². The Labute approximate surface area is 136 Å². The summed E-state index contributed by atoms with van der Waals surface area (Å²) >= 11 is 0. The predicted octanol–water partition coefficient (Wildman–Crippen LogP) is -0.383. The van der Waals surface area contributed by atoms with Gasteiger partial charge in [-0.15, -0.1) is 0 Å². The minimum absolute atomic E-state index is 0.303. The summed E-state index contributed by atoms with van der Waals surface area (Å²) in [6.07, 6.45) is -0.303. The zero-order valence-electron chi connectivity index (χ0n) is 13.4. The van der Waals surface area contributed by atoms with Crippen LogP contribution in [0.3, 0.4) is 0 Å². The van der Waals surface area contributed by atoms with E-state index >= 15 is 0 Å². The topological polar surface area (TPSA) is 46.2 Å². The zero-order valence-corrected chi connectivity index (χ0v) is 13.4. The molecule has 0 saturated carbocycles. The number of rotatable bonds is 4. The van der Waals surface area contributed by atoms with Crippen molar-refractivity contribution in [1.29, 1.82) is 0 Å². The first-order valence-electron chi connectivity index (χ1n) is 8.62. The second-order valence-electron chi connectivity index (χ2n) is 6.62. The molecule has 1 fully saturated rings. The Morgan fingerprint density at radius 2 is 1.52 bits per heavy atom. The Balaban J connectivity index is 1.64. The number of quaternary nitrogens is 2. The maximum Gasteiger partial charge on any atom is 0.127 e. The smallest absolute Gasteiger partial charge is 0.127 e. The summed E-state index contributed by atoms with van der Waals surface area (Å²) in [5, 5.41) is 15.6. The molecule has 0 spiro atoms. The zero-order chi connectivity index (χ0) is 15.6. The maximum atomic E-state index is 10.6. The molecule has 1 unspecified atom stereocenters. The summed E-state index contributed by atoms with van der Waals surface area (Å²) in [7, 11) is 0. The Hall–Kier alpha value is -1.88. The molecule has 4 rings (SSSR count). The highest BCUT2D eigenvalue weighted by molar-refractivity contribution is 6.07. The lowest BCUT2D eigenvalue weighted by atomic mass is 10.2. The van der Waals surface area contributed by atoms with Gasteiger partial charge in [0.15, 0.2) is 0 Å². The second-order valence-corrected chi connectivity index (χ2v) is 6.62. The molecule has 1 saturated heterocycles. The van der Waals surface area contributed by atoms with Crippen LogP contribution in [0, 0.1) is 0 Å². The Kier molecular flexibility index (Phi) is 4.04. The van der Waals surface area contributed by atoms with Crippen molar-refractivity contribution in [1.82, 2.24) is 4.57 Å². The van der Waals surface area contributed by atoms with Crippen LogP contribution in [-0.4, -0.2) is 48.5 Å². The van der Waals surface area contributed by atoms with Gasteiger partial charge in [-0.3, -0.25) is 0 Å². The van der Waals surface area contributed by atoms with Gasteiger partial charge in [-0.2, -0.15) is 0 Å². The van der Waals surface area contributed by atoms with Gasteiger partial charge in [-0.25, -0.2) is 0 Å². The number of nitrogens with one attached hydrogen (secondary N) is 1. The fourth-order valence-corrected chi connectivity index (χ4v) is 3.89. The normalized spacial score (nSPS) is 17.8. The molecule has 0 aliphatic carbocycles. The van der Waals surface area contributed by atoms with Gasteiger partial charge in [0.05, 0.1) is 6.54 Å². The number of piperazine rings is 1. The predicted molar refractivity (Wildman–Crippen MR) is 92.7 cm³/mol. The monoisotopic (exact) mass is 311 g/mol. The van der Waals surface area contributed by atoms with E-state index in [9.17, 15) is 5.11 Å². The van der Waals surface area contributed by atoms with Crippen molar-refractivity contribution in [3.8, 4) is 0 Å². The molecule has 0 amide bonds. The molecule has 4 heteroatoms. The van der Waals surface area contributed by atoms with Crippen LogP contribution in [0.15, 0.2) is 48.5 Å². The molecule has 0 radical (unpaired) electrons. The average molecular weight is 311 g/mol. The van der Waals surface area contributed by atoms with E-state index in [1.807, 2.05) is 0 Å². The number of aliphatic hydroxyl groups excluding tert-OH is 1. The van der Waals surface area contributed by atoms with E-state index < -0.39 is 0 Å². The number of hydrogen-bond donors (Lipinski definition) is 3. The van der Waals surface area contributed by atoms with Crippen molar-refractivity contribution in [2.24, 2.45) is 0 Å². The molecule has 120 valence electrons. The van der Waals surface area contributed by atoms with Gasteiger partial charge in [0.25, 0.3) is 0 Å². The Bertz CT molecular complexity index is 751. The number of aliphatic hydroxyl groups is 1. The molecule has 0 bridgehead atoms. The van der Waals surface area contributed by atoms with Crippen molar-refractivity contribution < 1.29 is 15.3 Å². The highest BCUT2D eigenvalue weighted by atomic mass is 16.3. The number of nitrogens with two attached hydrogens (primary N) is 1. The molecule has 2 aromatic carbocycles. The van der Waals surface area contributed by atoms with Crippen LogP contribution in [0.4, 0.5) is 0 Å². The first-order chi connectivity index (χ1) is 11.3. The number of aromatic nitrogens is 1. The number of fused-ring (bicyclic) bond motifs is 3. The molecule has 1 aliphatic rings. The van der Waals surface area contributed by atoms with Crippen LogP contribution >= 0.6 is 0 Å². The van der Waals surface area contributed by atoms with Crippen molar-refractivity contribution in [3.05, 3.63) is 48.5 Å². The number of para-hydroxylation sites is 2. The fourth-order valence-electron chi connectivity index (χ4n) is 3.89. The molecule has 4 nitrogen and oxygen atoms in total. The van der Waals surface area contributed by atoms with Crippen LogP contribution < -0.4 is 10.2 Å². The molecule has 4 N–H and O–H groups in total. The summed E-state index contributed by atoms with van der Waals surface area (Å²) in [5.41, 5.74) is 2.43. The first-order valence-corrected chi connectivity index (χ1v) is 8.62. The average Bonchev–Trinajstić information content (AvgIpc) is 2.90. The largest absolute Gasteiger partial charge is 0.385 e. The highest BCUT2D eigenvalue weighted by Crippen LogP contribution is 2.28. The molecule has 1 aliphatic heterocycles. The van der Waals surface area contributed by atoms with Crippen LogP contribution in [0.5, 0.6) is 0 Å². The lowest BCUT2D eigenvalue weighted by molar-refractivity contribution is -0.949. The van der Waals surface area contributed by atoms with Crippen LogP contribution in [-0.2, 0) is 6.54 Å². The molecule has 1 atom stereocenters. The van der Waals surface area contributed by atoms with E-state index in [4.69, 9.17) is 0 Å². The minimum Gasteiger partial charge on any atom is -0.385 e. The van der Waals surface area contributed by atoms with Gasteiger partial charge in [0, 0.05) is 21.8 Å². The summed E-state index contributed by atoms with van der Waals surface area (Å²) in [4.78, 5) is 1.53. The summed E-state index contributed by atoms with van der Waals surface area (Å²) < 4.78 is 2.28. The maximum absolute atomic E-state index is 10.6. The molecular formula is C19H25N3O+2. The highest BCUT2D eigenvalue weighted by Gasteiger charge is 2.21. The molecular weight excluding hydrogens is 286 g/mol. The van der Waals surface area contributed by atoms with Crippen LogP contribution in [0.2, 0.25) is 0 Å². The van der Waals surface area contributed by atoms with Gasteiger partial charge >= 0.3 is 0 Å². The lowest BCUT2D eigenvalue weighted by Gasteiger charge is -2.25. The molecule has 2 heterocycles. The van der Waals surface area contributed by atoms with E-state index in [0.29, 0.717) is 6.54 Å². The van der Waals surface area contributed by atoms with Crippen molar-refractivity contribution in [3.63, 3.8) is 0 Å². The molecule has 23 heavy (non-hydrogen) atoms. The van der Waals surface area contributed by atoms with E-state index in [-0.39, 0.29) is 6.10 Å². The summed E-state index contributed by atoms with van der Waals surface area (Å²) in [6.45, 7) is 6.18. The van der Waals surface area contributed by atoms with E-state index in [1.54, 1.807) is 0 Å². The third-order valence-corrected chi connectivity index (χ3v) is 5.00. The summed E-state index contributed by atoms with van der Waals surface area (Å²) in [5.74, 6) is 0. The Morgan fingerprint density at radius 1 is 0.957 bits per heavy atom. The van der Waals surface area contributed by atoms with Crippen molar-refractivity contribution in [2.75, 3.05) is 32.7 Å². The molecule has 3 aromatic rings. The molecule has 1 aromatic heterocycles. The third kappa shape index (κ3) is 2.85. The van der Waals surface area contributed by atoms with Gasteiger partial charge in [-0.1, -0.05) is 36.4 Å². The summed E-state index contributed by atoms with van der Waals surface area (Å²) in [6, 6.07) is 17.0. The first kappa shape index (κ1) is 14.7. The minimum atomic E-state index is -0.303. The van der Waals surface area contributed by atoms with Crippen molar-refractivity contribution >= 4 is 21.8 Å². The SMILES string of the molecule is OC(Cn1c2ccccc2c2ccccc21)C[NH+]1CC[NH2+]CC1. The number of nitrogens with zero attached hydrogens (tertiary/aromatic N) is 1. The van der Waals surface area contributed by atoms with Gasteiger partial charge in [0.1, 0.15) is 38.8 Å². The van der Waals surface area contributed by atoms with E-state index in [1.165, 1.54) is 39.8 Å². The number of benzene rings is 2. The number of hydrogen-bond acceptors (Lipinski definition) is 1. The van der Waals surface area contributed by atoms with Crippen LogP contribution in [0.25, 0.3) is 21.8 Å². The standard InChI is InChI=1S/C19H23N3O/c23-15(13-21-11-9-20-10-12-21)14-22-18-7-3-1-5-16(18)17-6-2-4-8-19(17)22/h1-8,15,20,23H,9-14H2/p+2. The van der Waals surface area contributed by atoms with E-state index in [2.05, 4.69) is 58.4 Å². The van der Waals surface area contributed by atoms with Gasteiger partial charge < -0.3 is 19.9 Å². The lowest BCUT2D eigenvalue weighted by Crippen LogP contribution is -3.21.